The van der Waals surface area contributed by atoms with Crippen LogP contribution in [0.1, 0.15) is 33.1 Å². The highest BCUT2D eigenvalue weighted by Gasteiger charge is 2.40. The van der Waals surface area contributed by atoms with Crippen LogP contribution in [0.15, 0.2) is 0 Å². The highest BCUT2D eigenvalue weighted by molar-refractivity contribution is 7.90. The maximum Gasteiger partial charge on any atom is 0.215 e. The molecule has 1 atom stereocenters. The number of hydrogen-bond donors (Lipinski definition) is 2. The molecule has 0 amide bonds. The lowest BCUT2D eigenvalue weighted by atomic mass is 10.0. The third-order valence-electron chi connectivity index (χ3n) is 2.58. The smallest absolute Gasteiger partial charge is 0.215 e. The van der Waals surface area contributed by atoms with Crippen molar-refractivity contribution >= 4 is 27.2 Å². The van der Waals surface area contributed by atoms with E-state index in [1.807, 2.05) is 6.92 Å². The van der Waals surface area contributed by atoms with Gasteiger partial charge in [0.1, 0.15) is 0 Å². The number of nitrogens with one attached hydrogen (secondary N) is 1. The van der Waals surface area contributed by atoms with Crippen LogP contribution in [0.3, 0.4) is 0 Å². The van der Waals surface area contributed by atoms with E-state index < -0.39 is 15.6 Å². The predicted octanol–water partition coefficient (Wildman–Crippen LogP) is 0.523. The maximum atomic E-state index is 11.6. The molecule has 1 unspecified atom stereocenters. The average Bonchev–Trinajstić information content (AvgIpc) is 2.85. The summed E-state index contributed by atoms with van der Waals surface area (Å²) in [4.78, 5) is 0.198. The predicted molar refractivity (Wildman–Crippen MR) is 60.6 cm³/mol. The topological polar surface area (TPSA) is 72.2 Å². The van der Waals surface area contributed by atoms with Crippen molar-refractivity contribution < 1.29 is 8.42 Å². The molecule has 0 aromatic carbocycles. The largest absolute Gasteiger partial charge is 0.392 e. The SMILES string of the molecule is CCC(C)(NS(=O)(=O)C1CC1)C(N)=S. The molecular formula is C8H16N2O2S2. The van der Waals surface area contributed by atoms with Gasteiger partial charge in [-0.25, -0.2) is 13.1 Å². The maximum absolute atomic E-state index is 11.6. The van der Waals surface area contributed by atoms with Crippen molar-refractivity contribution in [2.45, 2.75) is 43.9 Å². The molecule has 82 valence electrons. The zero-order valence-electron chi connectivity index (χ0n) is 8.41. The number of hydrogen-bond acceptors (Lipinski definition) is 3. The van der Waals surface area contributed by atoms with E-state index in [4.69, 9.17) is 18.0 Å². The van der Waals surface area contributed by atoms with E-state index in [-0.39, 0.29) is 10.2 Å². The zero-order chi connectivity index (χ0) is 11.0. The summed E-state index contributed by atoms with van der Waals surface area (Å²) in [7, 11) is -3.22. The first kappa shape index (κ1) is 11.9. The van der Waals surface area contributed by atoms with Crippen molar-refractivity contribution in [3.8, 4) is 0 Å². The molecule has 0 aliphatic heterocycles. The molecule has 0 radical (unpaired) electrons. The van der Waals surface area contributed by atoms with E-state index in [0.29, 0.717) is 6.42 Å². The van der Waals surface area contributed by atoms with Gasteiger partial charge in [0.2, 0.25) is 10.0 Å². The number of thiocarbonyl (C=S) groups is 1. The number of nitrogens with two attached hydrogens (primary N) is 1. The molecule has 0 bridgehead atoms. The molecule has 3 N–H and O–H groups in total. The van der Waals surface area contributed by atoms with Crippen molar-refractivity contribution in [2.24, 2.45) is 5.73 Å². The summed E-state index contributed by atoms with van der Waals surface area (Å²) in [6.07, 6.45) is 2.05. The Morgan fingerprint density at radius 1 is 1.64 bits per heavy atom. The van der Waals surface area contributed by atoms with Crippen LogP contribution in [-0.2, 0) is 10.0 Å². The van der Waals surface area contributed by atoms with E-state index in [9.17, 15) is 8.42 Å². The van der Waals surface area contributed by atoms with E-state index in [1.54, 1.807) is 6.92 Å². The minimum Gasteiger partial charge on any atom is -0.392 e. The summed E-state index contributed by atoms with van der Waals surface area (Å²) in [5, 5.41) is -0.234. The van der Waals surface area contributed by atoms with Crippen LogP contribution in [0, 0.1) is 0 Å². The van der Waals surface area contributed by atoms with Crippen molar-refractivity contribution in [3.05, 3.63) is 0 Å². The number of rotatable bonds is 5. The monoisotopic (exact) mass is 236 g/mol. The van der Waals surface area contributed by atoms with Gasteiger partial charge in [0.05, 0.1) is 15.8 Å². The van der Waals surface area contributed by atoms with Crippen LogP contribution >= 0.6 is 12.2 Å². The van der Waals surface area contributed by atoms with Gasteiger partial charge in [-0.05, 0) is 26.2 Å². The van der Waals surface area contributed by atoms with Crippen LogP contribution in [0.2, 0.25) is 0 Å². The summed E-state index contributed by atoms with van der Waals surface area (Å²) < 4.78 is 25.9. The first-order valence-electron chi connectivity index (χ1n) is 4.64. The molecule has 0 saturated heterocycles. The molecule has 1 saturated carbocycles. The van der Waals surface area contributed by atoms with Crippen molar-refractivity contribution in [3.63, 3.8) is 0 Å². The van der Waals surface area contributed by atoms with Gasteiger partial charge in [0.15, 0.2) is 0 Å². The molecular weight excluding hydrogens is 220 g/mol. The van der Waals surface area contributed by atoms with Gasteiger partial charge in [-0.2, -0.15) is 0 Å². The van der Waals surface area contributed by atoms with Gasteiger partial charge >= 0.3 is 0 Å². The Morgan fingerprint density at radius 3 is 2.43 bits per heavy atom. The molecule has 14 heavy (non-hydrogen) atoms. The van der Waals surface area contributed by atoms with E-state index in [1.165, 1.54) is 0 Å². The van der Waals surface area contributed by atoms with Gasteiger partial charge in [0, 0.05) is 0 Å². The third-order valence-corrected chi connectivity index (χ3v) is 5.12. The minimum atomic E-state index is -3.22. The Morgan fingerprint density at radius 2 is 2.14 bits per heavy atom. The average molecular weight is 236 g/mol. The zero-order valence-corrected chi connectivity index (χ0v) is 10.0. The van der Waals surface area contributed by atoms with Crippen LogP contribution in [-0.4, -0.2) is 24.2 Å². The van der Waals surface area contributed by atoms with Gasteiger partial charge in [-0.15, -0.1) is 0 Å². The second-order valence-electron chi connectivity index (χ2n) is 3.90. The molecule has 4 nitrogen and oxygen atoms in total. The highest BCUT2D eigenvalue weighted by atomic mass is 32.2. The summed E-state index contributed by atoms with van der Waals surface area (Å²) in [6.45, 7) is 3.57. The van der Waals surface area contributed by atoms with Crippen LogP contribution < -0.4 is 10.5 Å². The molecule has 0 aromatic rings. The molecule has 6 heteroatoms. The van der Waals surface area contributed by atoms with Crippen LogP contribution in [0.5, 0.6) is 0 Å². The quantitative estimate of drug-likeness (QED) is 0.683. The van der Waals surface area contributed by atoms with Crippen molar-refractivity contribution in [1.82, 2.24) is 4.72 Å². The fourth-order valence-corrected chi connectivity index (χ4v) is 3.14. The second-order valence-corrected chi connectivity index (χ2v) is 6.30. The molecule has 1 fully saturated rings. The molecule has 0 aromatic heterocycles. The Balaban J connectivity index is 2.79. The minimum absolute atomic E-state index is 0.198. The summed E-state index contributed by atoms with van der Waals surface area (Å²) >= 11 is 4.86. The van der Waals surface area contributed by atoms with Crippen LogP contribution in [0.4, 0.5) is 0 Å². The van der Waals surface area contributed by atoms with E-state index in [0.717, 1.165) is 12.8 Å². The summed E-state index contributed by atoms with van der Waals surface area (Å²) in [6, 6.07) is 0. The second kappa shape index (κ2) is 3.75. The van der Waals surface area contributed by atoms with Gasteiger partial charge in [0.25, 0.3) is 0 Å². The third kappa shape index (κ3) is 2.43. The van der Waals surface area contributed by atoms with E-state index in [2.05, 4.69) is 4.72 Å². The molecule has 1 rings (SSSR count). The lowest BCUT2D eigenvalue weighted by Gasteiger charge is -2.27. The van der Waals surface area contributed by atoms with Crippen LogP contribution in [0.25, 0.3) is 0 Å². The fourth-order valence-electron chi connectivity index (χ4n) is 1.07. The summed E-state index contributed by atoms with van der Waals surface area (Å²) in [5.41, 5.74) is 4.73. The van der Waals surface area contributed by atoms with E-state index >= 15 is 0 Å². The van der Waals surface area contributed by atoms with Gasteiger partial charge in [-0.1, -0.05) is 19.1 Å². The van der Waals surface area contributed by atoms with Crippen molar-refractivity contribution in [2.75, 3.05) is 0 Å². The molecule has 0 spiro atoms. The molecule has 0 heterocycles. The first-order chi connectivity index (χ1) is 6.32. The first-order valence-corrected chi connectivity index (χ1v) is 6.60. The lowest BCUT2D eigenvalue weighted by Crippen LogP contribution is -2.54. The summed E-state index contributed by atoms with van der Waals surface area (Å²) in [5.74, 6) is 0. The number of sulfonamides is 1. The lowest BCUT2D eigenvalue weighted by molar-refractivity contribution is 0.510. The van der Waals surface area contributed by atoms with Gasteiger partial charge < -0.3 is 5.73 Å². The highest BCUT2D eigenvalue weighted by Crippen LogP contribution is 2.29. The van der Waals surface area contributed by atoms with Gasteiger partial charge in [-0.3, -0.25) is 0 Å². The molecule has 1 aliphatic rings. The Hall–Kier alpha value is -0.200. The standard InChI is InChI=1S/C8H16N2O2S2/c1-3-8(2,7(9)13)10-14(11,12)6-4-5-6/h6,10H,3-5H2,1-2H3,(H2,9,13). The fraction of sp³-hybridized carbons (Fsp3) is 0.875. The van der Waals surface area contributed by atoms with Crippen molar-refractivity contribution in [1.29, 1.82) is 0 Å². The Kier molecular flexibility index (Phi) is 3.18. The molecule has 1 aliphatic carbocycles. The normalized spacial score (nSPS) is 21.6. The Bertz CT molecular complexity index is 335. The Labute approximate surface area is 90.3 Å².